The smallest absolute Gasteiger partial charge is 0.203 e. The van der Waals surface area contributed by atoms with Crippen LogP contribution in [0.15, 0.2) is 54.6 Å². The van der Waals surface area contributed by atoms with Crippen molar-refractivity contribution in [1.29, 1.82) is 0 Å². The van der Waals surface area contributed by atoms with E-state index < -0.39 is 0 Å². The maximum absolute atomic E-state index is 12.8. The van der Waals surface area contributed by atoms with Gasteiger partial charge < -0.3 is 23.7 Å². The number of ether oxygens (including phenoxy) is 5. The first-order valence-corrected chi connectivity index (χ1v) is 9.76. The zero-order valence-electron chi connectivity index (χ0n) is 18.7. The zero-order valence-corrected chi connectivity index (χ0v) is 18.7. The third-order valence-electron chi connectivity index (χ3n) is 4.80. The van der Waals surface area contributed by atoms with Crippen LogP contribution in [-0.4, -0.2) is 46.3 Å². The van der Waals surface area contributed by atoms with Crippen LogP contribution in [0.1, 0.15) is 16.1 Å². The Bertz CT molecular complexity index is 1110. The Labute approximate surface area is 187 Å². The summed E-state index contributed by atoms with van der Waals surface area (Å²) in [5, 5.41) is 0. The van der Waals surface area contributed by atoms with Gasteiger partial charge in [0.25, 0.3) is 0 Å². The largest absolute Gasteiger partial charge is 0.493 e. The van der Waals surface area contributed by atoms with Crippen LogP contribution in [0.3, 0.4) is 0 Å². The van der Waals surface area contributed by atoms with E-state index in [0.717, 1.165) is 11.3 Å². The van der Waals surface area contributed by atoms with E-state index in [1.165, 1.54) is 27.4 Å². The van der Waals surface area contributed by atoms with Gasteiger partial charge >= 0.3 is 0 Å². The molecule has 0 aliphatic carbocycles. The average molecular weight is 435 g/mol. The first kappa shape index (κ1) is 22.7. The van der Waals surface area contributed by atoms with Crippen LogP contribution in [-0.2, 0) is 0 Å². The van der Waals surface area contributed by atoms with Gasteiger partial charge in [-0.1, -0.05) is 6.07 Å². The number of nitrogens with zero attached hydrogens (tertiary/aromatic N) is 1. The molecule has 0 saturated carbocycles. The van der Waals surface area contributed by atoms with E-state index >= 15 is 0 Å². The number of rotatable bonds is 9. The highest BCUT2D eigenvalue weighted by Gasteiger charge is 2.16. The summed E-state index contributed by atoms with van der Waals surface area (Å²) in [5.74, 6) is 2.30. The van der Waals surface area contributed by atoms with Gasteiger partial charge in [0.1, 0.15) is 0 Å². The van der Waals surface area contributed by atoms with Crippen LogP contribution in [0.2, 0.25) is 0 Å². The van der Waals surface area contributed by atoms with Crippen molar-refractivity contribution in [2.75, 3.05) is 35.5 Å². The zero-order chi connectivity index (χ0) is 23.1. The lowest BCUT2D eigenvalue weighted by Gasteiger charge is -2.13. The Morgan fingerprint density at radius 3 is 2.00 bits per heavy atom. The van der Waals surface area contributed by atoms with Crippen molar-refractivity contribution in [1.82, 2.24) is 4.98 Å². The van der Waals surface area contributed by atoms with Crippen LogP contribution in [0.5, 0.6) is 28.7 Å². The SMILES string of the molecule is COc1ccc(-c2cccc(C=CC(=O)c3cc(OC)c(OC)c(OC)c3)n2)cc1OC. The fourth-order valence-corrected chi connectivity index (χ4v) is 3.18. The number of hydrogen-bond acceptors (Lipinski definition) is 7. The molecule has 0 N–H and O–H groups in total. The number of methoxy groups -OCH3 is 5. The number of hydrogen-bond donors (Lipinski definition) is 0. The Morgan fingerprint density at radius 1 is 0.750 bits per heavy atom. The Hall–Kier alpha value is -4.00. The van der Waals surface area contributed by atoms with Crippen LogP contribution < -0.4 is 23.7 Å². The second-order valence-corrected chi connectivity index (χ2v) is 6.63. The summed E-state index contributed by atoms with van der Waals surface area (Å²) >= 11 is 0. The molecule has 0 bridgehead atoms. The van der Waals surface area contributed by atoms with Gasteiger partial charge in [0.05, 0.1) is 46.9 Å². The highest BCUT2D eigenvalue weighted by atomic mass is 16.5. The first-order chi connectivity index (χ1) is 15.5. The van der Waals surface area contributed by atoms with E-state index in [9.17, 15) is 4.79 Å². The quantitative estimate of drug-likeness (QED) is 0.357. The number of allylic oxidation sites excluding steroid dienone is 1. The third-order valence-corrected chi connectivity index (χ3v) is 4.80. The molecule has 0 radical (unpaired) electrons. The fraction of sp³-hybridized carbons (Fsp3) is 0.200. The summed E-state index contributed by atoms with van der Waals surface area (Å²) in [6.07, 6.45) is 3.12. The molecular weight excluding hydrogens is 410 g/mol. The van der Waals surface area contributed by atoms with Crippen molar-refractivity contribution in [2.45, 2.75) is 0 Å². The summed E-state index contributed by atoms with van der Waals surface area (Å²) in [6, 6.07) is 14.4. The molecule has 0 aliphatic heterocycles. The predicted octanol–water partition coefficient (Wildman–Crippen LogP) is 4.69. The number of benzene rings is 2. The lowest BCUT2D eigenvalue weighted by atomic mass is 10.1. The van der Waals surface area contributed by atoms with Crippen molar-refractivity contribution in [3.05, 3.63) is 65.9 Å². The molecule has 0 atom stereocenters. The minimum absolute atomic E-state index is 0.220. The van der Waals surface area contributed by atoms with Crippen molar-refractivity contribution in [3.8, 4) is 40.0 Å². The second kappa shape index (κ2) is 10.3. The van der Waals surface area contributed by atoms with Gasteiger partial charge in [-0.2, -0.15) is 0 Å². The van der Waals surface area contributed by atoms with Gasteiger partial charge in [-0.3, -0.25) is 4.79 Å². The predicted molar refractivity (Wildman–Crippen MR) is 122 cm³/mol. The molecule has 0 aliphatic rings. The molecule has 0 spiro atoms. The van der Waals surface area contributed by atoms with Crippen molar-refractivity contribution < 1.29 is 28.5 Å². The number of aromatic nitrogens is 1. The molecule has 2 aromatic carbocycles. The monoisotopic (exact) mass is 435 g/mol. The lowest BCUT2D eigenvalue weighted by Crippen LogP contribution is -2.00. The fourth-order valence-electron chi connectivity index (χ4n) is 3.18. The molecule has 0 unspecified atom stereocenters. The van der Waals surface area contributed by atoms with E-state index in [0.29, 0.717) is 40.0 Å². The van der Waals surface area contributed by atoms with Crippen LogP contribution in [0.4, 0.5) is 0 Å². The van der Waals surface area contributed by atoms with Gasteiger partial charge in [-0.05, 0) is 54.6 Å². The van der Waals surface area contributed by atoms with E-state index in [2.05, 4.69) is 4.98 Å². The number of pyridine rings is 1. The maximum Gasteiger partial charge on any atom is 0.203 e. The summed E-state index contributed by atoms with van der Waals surface area (Å²) < 4.78 is 26.6. The van der Waals surface area contributed by atoms with E-state index in [-0.39, 0.29) is 5.78 Å². The molecule has 0 amide bonds. The average Bonchev–Trinajstić information content (AvgIpc) is 2.85. The molecule has 1 aromatic heterocycles. The number of carbonyl (C=O) groups is 1. The van der Waals surface area contributed by atoms with Crippen LogP contribution in [0.25, 0.3) is 17.3 Å². The van der Waals surface area contributed by atoms with E-state index in [1.807, 2.05) is 36.4 Å². The molecule has 3 rings (SSSR count). The second-order valence-electron chi connectivity index (χ2n) is 6.63. The molecule has 166 valence electrons. The Balaban J connectivity index is 1.87. The Morgan fingerprint density at radius 2 is 1.41 bits per heavy atom. The number of carbonyl (C=O) groups excluding carboxylic acids is 1. The Kier molecular flexibility index (Phi) is 7.33. The van der Waals surface area contributed by atoms with Gasteiger partial charge in [-0.25, -0.2) is 4.98 Å². The normalized spacial score (nSPS) is 10.7. The van der Waals surface area contributed by atoms with Crippen molar-refractivity contribution in [3.63, 3.8) is 0 Å². The van der Waals surface area contributed by atoms with Gasteiger partial charge in [0.15, 0.2) is 28.8 Å². The molecule has 32 heavy (non-hydrogen) atoms. The third kappa shape index (κ3) is 4.83. The minimum atomic E-state index is -0.220. The topological polar surface area (TPSA) is 76.1 Å². The molecule has 1 heterocycles. The summed E-state index contributed by atoms with van der Waals surface area (Å²) in [7, 11) is 7.70. The molecule has 0 saturated heterocycles. The summed E-state index contributed by atoms with van der Waals surface area (Å²) in [4.78, 5) is 17.4. The molecular formula is C25H25NO6. The van der Waals surface area contributed by atoms with Gasteiger partial charge in [0.2, 0.25) is 5.75 Å². The maximum atomic E-state index is 12.8. The number of ketones is 1. The van der Waals surface area contributed by atoms with E-state index in [1.54, 1.807) is 32.4 Å². The first-order valence-electron chi connectivity index (χ1n) is 9.76. The van der Waals surface area contributed by atoms with E-state index in [4.69, 9.17) is 23.7 Å². The molecule has 0 fully saturated rings. The highest BCUT2D eigenvalue weighted by molar-refractivity contribution is 6.07. The summed E-state index contributed by atoms with van der Waals surface area (Å²) in [6.45, 7) is 0. The molecule has 3 aromatic rings. The lowest BCUT2D eigenvalue weighted by molar-refractivity contribution is 0.104. The molecule has 7 nitrogen and oxygen atoms in total. The van der Waals surface area contributed by atoms with Crippen molar-refractivity contribution >= 4 is 11.9 Å². The summed E-state index contributed by atoms with van der Waals surface area (Å²) in [5.41, 5.74) is 2.66. The van der Waals surface area contributed by atoms with Crippen molar-refractivity contribution in [2.24, 2.45) is 0 Å². The van der Waals surface area contributed by atoms with Crippen LogP contribution in [0, 0.1) is 0 Å². The van der Waals surface area contributed by atoms with Crippen LogP contribution >= 0.6 is 0 Å². The standard InChI is InChI=1S/C25H25NO6/c1-28-21-12-9-16(13-22(21)29-2)19-8-6-7-18(26-19)10-11-20(27)17-14-23(30-3)25(32-5)24(15-17)31-4/h6-15H,1-5H3. The molecule has 7 heteroatoms. The highest BCUT2D eigenvalue weighted by Crippen LogP contribution is 2.38. The minimum Gasteiger partial charge on any atom is -0.493 e. The van der Waals surface area contributed by atoms with Gasteiger partial charge in [-0.15, -0.1) is 0 Å². The van der Waals surface area contributed by atoms with Gasteiger partial charge in [0, 0.05) is 11.1 Å².